The third-order valence-corrected chi connectivity index (χ3v) is 5.49. The van der Waals surface area contributed by atoms with E-state index >= 15 is 0 Å². The largest absolute Gasteiger partial charge is 0.465 e. The van der Waals surface area contributed by atoms with Gasteiger partial charge in [0.15, 0.2) is 5.65 Å². The van der Waals surface area contributed by atoms with Crippen molar-refractivity contribution in [2.24, 2.45) is 0 Å². The summed E-state index contributed by atoms with van der Waals surface area (Å²) in [5.74, 6) is -0.253. The molecule has 8 heteroatoms. The zero-order chi connectivity index (χ0) is 23.7. The predicted octanol–water partition coefficient (Wildman–Crippen LogP) is 5.04. The number of nitrogens with zero attached hydrogens (tertiary/aromatic N) is 5. The maximum Gasteiger partial charge on any atom is 0.337 e. The summed E-state index contributed by atoms with van der Waals surface area (Å²) in [6, 6.07) is 20.5. The number of nitrogen functional groups attached to an aromatic ring is 1. The fourth-order valence-electron chi connectivity index (χ4n) is 3.74. The first-order chi connectivity index (χ1) is 16.6. The summed E-state index contributed by atoms with van der Waals surface area (Å²) >= 11 is 0. The van der Waals surface area contributed by atoms with Gasteiger partial charge in [-0.1, -0.05) is 48.5 Å². The van der Waals surface area contributed by atoms with E-state index in [2.05, 4.69) is 14.9 Å². The number of anilines is 1. The summed E-state index contributed by atoms with van der Waals surface area (Å²) in [6.45, 7) is 7.65. The Bertz CT molecular complexity index is 1550. The lowest BCUT2D eigenvalue weighted by molar-refractivity contribution is 0.0600. The normalized spacial score (nSPS) is 10.7. The number of pyridine rings is 1. The van der Waals surface area contributed by atoms with Crippen LogP contribution in [0.2, 0.25) is 0 Å². The molecule has 0 saturated carbocycles. The van der Waals surface area contributed by atoms with Gasteiger partial charge in [-0.15, -0.1) is 0 Å². The molecule has 0 fully saturated rings. The molecule has 0 amide bonds. The molecule has 5 rings (SSSR count). The Morgan fingerprint density at radius 1 is 0.971 bits per heavy atom. The fraction of sp³-hybridized carbons (Fsp3) is 0.0385. The van der Waals surface area contributed by atoms with Crippen LogP contribution in [0.25, 0.3) is 44.1 Å². The van der Waals surface area contributed by atoms with E-state index in [4.69, 9.17) is 22.0 Å². The number of fused-ring (bicyclic) bond motifs is 1. The van der Waals surface area contributed by atoms with E-state index in [9.17, 15) is 4.79 Å². The molecule has 164 valence electrons. The van der Waals surface area contributed by atoms with Gasteiger partial charge in [-0.2, -0.15) is 5.10 Å². The standard InChI is InChI=1S/C26H18N6O2/c1-28-23-22(17-8-10-18(11-9-17)26(33)34-2)31-25-20(15-30-32(25)24(23)27)19-12-13-21(29-14-19)16-6-4-3-5-7-16/h3-15H,27H2,2H3. The van der Waals surface area contributed by atoms with Crippen molar-refractivity contribution in [1.82, 2.24) is 19.6 Å². The summed E-state index contributed by atoms with van der Waals surface area (Å²) in [6.07, 6.45) is 3.43. The number of esters is 1. The zero-order valence-corrected chi connectivity index (χ0v) is 18.1. The number of aromatic nitrogens is 4. The van der Waals surface area contributed by atoms with Crippen LogP contribution in [0.5, 0.6) is 0 Å². The summed E-state index contributed by atoms with van der Waals surface area (Å²) in [7, 11) is 1.33. The molecule has 0 unspecified atom stereocenters. The zero-order valence-electron chi connectivity index (χ0n) is 18.1. The number of nitrogens with two attached hydrogens (primary N) is 1. The highest BCUT2D eigenvalue weighted by Gasteiger charge is 2.19. The van der Waals surface area contributed by atoms with Crippen molar-refractivity contribution in [2.45, 2.75) is 0 Å². The minimum Gasteiger partial charge on any atom is -0.465 e. The lowest BCUT2D eigenvalue weighted by atomic mass is 10.1. The lowest BCUT2D eigenvalue weighted by Gasteiger charge is -2.10. The maximum absolute atomic E-state index is 11.8. The molecule has 0 saturated heterocycles. The van der Waals surface area contributed by atoms with Gasteiger partial charge in [0.25, 0.3) is 5.69 Å². The summed E-state index contributed by atoms with van der Waals surface area (Å²) in [5.41, 5.74) is 11.9. The third kappa shape index (κ3) is 3.51. The van der Waals surface area contributed by atoms with Crippen molar-refractivity contribution >= 4 is 23.1 Å². The number of hydrogen-bond donors (Lipinski definition) is 1. The second-order valence-electron chi connectivity index (χ2n) is 7.47. The molecule has 0 spiro atoms. The van der Waals surface area contributed by atoms with Gasteiger partial charge in [0, 0.05) is 22.9 Å². The van der Waals surface area contributed by atoms with Gasteiger partial charge >= 0.3 is 5.97 Å². The molecule has 3 aromatic heterocycles. The predicted molar refractivity (Wildman–Crippen MR) is 129 cm³/mol. The van der Waals surface area contributed by atoms with Gasteiger partial charge in [0.2, 0.25) is 0 Å². The number of ether oxygens (including phenoxy) is 1. The van der Waals surface area contributed by atoms with Gasteiger partial charge in [-0.25, -0.2) is 19.1 Å². The number of rotatable bonds is 4. The number of methoxy groups -OCH3 is 1. The highest BCUT2D eigenvalue weighted by atomic mass is 16.5. The van der Waals surface area contributed by atoms with Crippen molar-refractivity contribution in [1.29, 1.82) is 0 Å². The number of carbonyl (C=O) groups excluding carboxylic acids is 1. The van der Waals surface area contributed by atoms with Crippen molar-refractivity contribution < 1.29 is 9.53 Å². The molecule has 0 aliphatic rings. The molecule has 8 nitrogen and oxygen atoms in total. The summed E-state index contributed by atoms with van der Waals surface area (Å²) < 4.78 is 6.21. The summed E-state index contributed by atoms with van der Waals surface area (Å²) in [5, 5.41) is 4.36. The Kier molecular flexibility index (Phi) is 5.20. The van der Waals surface area contributed by atoms with E-state index in [-0.39, 0.29) is 11.5 Å². The lowest BCUT2D eigenvalue weighted by Crippen LogP contribution is -2.03. The highest BCUT2D eigenvalue weighted by molar-refractivity contribution is 5.92. The molecular formula is C26H18N6O2. The van der Waals surface area contributed by atoms with Gasteiger partial charge in [-0.05, 0) is 23.8 Å². The molecule has 0 radical (unpaired) electrons. The molecule has 0 bridgehead atoms. The van der Waals surface area contributed by atoms with Gasteiger partial charge in [-0.3, -0.25) is 4.98 Å². The first-order valence-electron chi connectivity index (χ1n) is 10.4. The second-order valence-corrected chi connectivity index (χ2v) is 7.47. The molecule has 0 aliphatic heterocycles. The quantitative estimate of drug-likeness (QED) is 0.306. The molecule has 5 aromatic rings. The van der Waals surface area contributed by atoms with E-state index in [0.29, 0.717) is 22.5 Å². The van der Waals surface area contributed by atoms with Gasteiger partial charge in [0.05, 0.1) is 36.8 Å². The fourth-order valence-corrected chi connectivity index (χ4v) is 3.74. The van der Waals surface area contributed by atoms with Crippen molar-refractivity contribution in [3.8, 4) is 33.6 Å². The minimum absolute atomic E-state index is 0.186. The summed E-state index contributed by atoms with van der Waals surface area (Å²) in [4.78, 5) is 24.7. The maximum atomic E-state index is 11.8. The topological polar surface area (TPSA) is 99.8 Å². The first kappa shape index (κ1) is 20.8. The molecule has 34 heavy (non-hydrogen) atoms. The Balaban J connectivity index is 1.61. The van der Waals surface area contributed by atoms with Crippen LogP contribution in [-0.4, -0.2) is 32.7 Å². The van der Waals surface area contributed by atoms with Crippen LogP contribution in [0.1, 0.15) is 10.4 Å². The van der Waals surface area contributed by atoms with E-state index in [1.807, 2.05) is 42.5 Å². The van der Waals surface area contributed by atoms with Crippen LogP contribution in [0, 0.1) is 6.57 Å². The molecule has 2 aromatic carbocycles. The van der Waals surface area contributed by atoms with Crippen LogP contribution in [0.3, 0.4) is 0 Å². The molecule has 3 heterocycles. The van der Waals surface area contributed by atoms with Crippen molar-refractivity contribution in [3.05, 3.63) is 96.1 Å². The van der Waals surface area contributed by atoms with Crippen LogP contribution in [0.15, 0.2) is 79.1 Å². The Labute approximate surface area is 195 Å². The number of hydrogen-bond acceptors (Lipinski definition) is 6. The average molecular weight is 446 g/mol. The second kappa shape index (κ2) is 8.48. The Morgan fingerprint density at radius 2 is 1.71 bits per heavy atom. The van der Waals surface area contributed by atoms with Crippen molar-refractivity contribution in [2.75, 3.05) is 12.8 Å². The molecule has 2 N–H and O–H groups in total. The molecule has 0 aliphatic carbocycles. The monoisotopic (exact) mass is 446 g/mol. The SMILES string of the molecule is [C-]#[N+]c1c(-c2ccc(C(=O)OC)cc2)nc2c(-c3ccc(-c4ccccc4)nc3)cnn2c1N. The van der Waals surface area contributed by atoms with E-state index < -0.39 is 5.97 Å². The number of carbonyl (C=O) groups is 1. The van der Waals surface area contributed by atoms with Crippen LogP contribution in [0.4, 0.5) is 11.5 Å². The van der Waals surface area contributed by atoms with E-state index in [0.717, 1.165) is 22.4 Å². The Hall–Kier alpha value is -5.03. The van der Waals surface area contributed by atoms with Crippen LogP contribution >= 0.6 is 0 Å². The number of benzene rings is 2. The third-order valence-electron chi connectivity index (χ3n) is 5.49. The van der Waals surface area contributed by atoms with Crippen molar-refractivity contribution in [3.63, 3.8) is 0 Å². The van der Waals surface area contributed by atoms with E-state index in [1.165, 1.54) is 11.6 Å². The smallest absolute Gasteiger partial charge is 0.337 e. The first-order valence-corrected chi connectivity index (χ1v) is 10.4. The van der Waals surface area contributed by atoms with E-state index in [1.54, 1.807) is 36.7 Å². The van der Waals surface area contributed by atoms with Gasteiger partial charge < -0.3 is 10.5 Å². The Morgan fingerprint density at radius 3 is 2.35 bits per heavy atom. The van der Waals surface area contributed by atoms with Gasteiger partial charge in [0.1, 0.15) is 5.82 Å². The highest BCUT2D eigenvalue weighted by Crippen LogP contribution is 2.37. The molecule has 0 atom stereocenters. The average Bonchev–Trinajstić information content (AvgIpc) is 3.33. The van der Waals surface area contributed by atoms with Crippen LogP contribution < -0.4 is 5.73 Å². The molecular weight excluding hydrogens is 428 g/mol. The minimum atomic E-state index is -0.440. The van der Waals surface area contributed by atoms with Crippen LogP contribution in [-0.2, 0) is 4.74 Å².